The molecule has 188 valence electrons. The summed E-state index contributed by atoms with van der Waals surface area (Å²) in [7, 11) is 0. The average Bonchev–Trinajstić information content (AvgIpc) is 2.79. The summed E-state index contributed by atoms with van der Waals surface area (Å²) in [5.74, 6) is -4.01. The van der Waals surface area contributed by atoms with E-state index in [4.69, 9.17) is 0 Å². The molecule has 4 aromatic rings. The van der Waals surface area contributed by atoms with Crippen molar-refractivity contribution in [2.45, 2.75) is 39.0 Å². The normalized spacial score (nSPS) is 11.8. The van der Waals surface area contributed by atoms with Crippen molar-refractivity contribution >= 4 is 10.8 Å². The first-order chi connectivity index (χ1) is 17.1. The highest BCUT2D eigenvalue weighted by atomic mass is 19.4. The molecule has 0 aromatic heterocycles. The van der Waals surface area contributed by atoms with Gasteiger partial charge in [0, 0.05) is 5.39 Å². The van der Waals surface area contributed by atoms with Gasteiger partial charge in [0.25, 0.3) is 0 Å². The Morgan fingerprint density at radius 1 is 0.694 bits per heavy atom. The summed E-state index contributed by atoms with van der Waals surface area (Å²) >= 11 is 0. The van der Waals surface area contributed by atoms with Crippen LogP contribution in [0.5, 0.6) is 5.75 Å². The summed E-state index contributed by atoms with van der Waals surface area (Å²) in [4.78, 5) is 0. The summed E-state index contributed by atoms with van der Waals surface area (Å²) in [5, 5.41) is 0.699. The topological polar surface area (TPSA) is 9.23 Å². The van der Waals surface area contributed by atoms with Gasteiger partial charge in [-0.05, 0) is 77.2 Å². The Morgan fingerprint density at radius 3 is 2.03 bits per heavy atom. The van der Waals surface area contributed by atoms with Crippen LogP contribution in [-0.2, 0) is 19.3 Å². The maximum Gasteiger partial charge on any atom is 0.573 e. The van der Waals surface area contributed by atoms with Crippen molar-refractivity contribution in [3.8, 4) is 16.9 Å². The van der Waals surface area contributed by atoms with Crippen LogP contribution in [0.1, 0.15) is 30.0 Å². The molecule has 0 aliphatic rings. The van der Waals surface area contributed by atoms with Gasteiger partial charge in [-0.25, -0.2) is 17.6 Å². The summed E-state index contributed by atoms with van der Waals surface area (Å²) in [6.45, 7) is 1.91. The summed E-state index contributed by atoms with van der Waals surface area (Å²) < 4.78 is 98.9. The minimum atomic E-state index is -5.01. The van der Waals surface area contributed by atoms with E-state index in [9.17, 15) is 26.3 Å². The van der Waals surface area contributed by atoms with Gasteiger partial charge in [-0.15, -0.1) is 13.2 Å². The van der Waals surface area contributed by atoms with E-state index < -0.39 is 35.4 Å². The smallest absolute Gasteiger partial charge is 0.403 e. The van der Waals surface area contributed by atoms with E-state index >= 15 is 4.39 Å². The van der Waals surface area contributed by atoms with Crippen LogP contribution in [0, 0.1) is 23.3 Å². The number of fused-ring (bicyclic) bond motifs is 1. The van der Waals surface area contributed by atoms with Crippen LogP contribution >= 0.6 is 0 Å². The fourth-order valence-electron chi connectivity index (χ4n) is 4.21. The van der Waals surface area contributed by atoms with Gasteiger partial charge in [-0.2, -0.15) is 0 Å². The van der Waals surface area contributed by atoms with E-state index in [1.807, 2.05) is 6.92 Å². The zero-order chi connectivity index (χ0) is 26.0. The fourth-order valence-corrected chi connectivity index (χ4v) is 4.21. The quantitative estimate of drug-likeness (QED) is 0.228. The van der Waals surface area contributed by atoms with Gasteiger partial charge < -0.3 is 4.74 Å². The molecule has 0 atom stereocenters. The molecule has 0 bridgehead atoms. The van der Waals surface area contributed by atoms with Crippen LogP contribution in [0.3, 0.4) is 0 Å². The molecule has 36 heavy (non-hydrogen) atoms. The van der Waals surface area contributed by atoms with Gasteiger partial charge in [0.15, 0.2) is 11.6 Å². The number of halogens is 7. The van der Waals surface area contributed by atoms with Gasteiger partial charge >= 0.3 is 6.36 Å². The van der Waals surface area contributed by atoms with Gasteiger partial charge in [-0.1, -0.05) is 43.7 Å². The van der Waals surface area contributed by atoms with Crippen molar-refractivity contribution in [1.82, 2.24) is 0 Å². The standard InChI is InChI=1S/C28H21F7O/c1-2-3-17-13-23(30)26(24(31)14-17)20-9-10-21-19(15-20)8-7-18(27(21)32)6-4-16-5-11-25(22(29)12-16)36-28(33,34)35/h5,7-15H,2-4,6H2,1H3. The molecule has 0 heterocycles. The van der Waals surface area contributed by atoms with E-state index in [2.05, 4.69) is 4.74 Å². The highest BCUT2D eigenvalue weighted by Crippen LogP contribution is 2.32. The largest absolute Gasteiger partial charge is 0.573 e. The summed E-state index contributed by atoms with van der Waals surface area (Å²) in [6, 6.07) is 13.2. The van der Waals surface area contributed by atoms with Crippen LogP contribution in [0.4, 0.5) is 30.7 Å². The van der Waals surface area contributed by atoms with Crippen molar-refractivity contribution in [3.63, 3.8) is 0 Å². The highest BCUT2D eigenvalue weighted by Gasteiger charge is 2.32. The Balaban J connectivity index is 1.56. The van der Waals surface area contributed by atoms with Crippen molar-refractivity contribution in [1.29, 1.82) is 0 Å². The lowest BCUT2D eigenvalue weighted by molar-refractivity contribution is -0.275. The van der Waals surface area contributed by atoms with Crippen molar-refractivity contribution in [2.24, 2.45) is 0 Å². The minimum absolute atomic E-state index is 0.157. The lowest BCUT2D eigenvalue weighted by Crippen LogP contribution is -2.18. The third kappa shape index (κ3) is 5.64. The first-order valence-electron chi connectivity index (χ1n) is 11.3. The predicted octanol–water partition coefficient (Wildman–Crippen LogP) is 8.70. The molecule has 1 nitrogen and oxygen atoms in total. The first kappa shape index (κ1) is 25.5. The van der Waals surface area contributed by atoms with Crippen molar-refractivity contribution < 1.29 is 35.5 Å². The molecule has 4 rings (SSSR count). The minimum Gasteiger partial charge on any atom is -0.403 e. The molecule has 0 saturated carbocycles. The molecule has 0 radical (unpaired) electrons. The van der Waals surface area contributed by atoms with E-state index in [-0.39, 0.29) is 29.4 Å². The highest BCUT2D eigenvalue weighted by molar-refractivity contribution is 5.88. The molecule has 0 N–H and O–H groups in total. The lowest BCUT2D eigenvalue weighted by atomic mass is 9.96. The molecule has 0 saturated heterocycles. The van der Waals surface area contributed by atoms with Gasteiger partial charge in [0.05, 0.1) is 5.56 Å². The summed E-state index contributed by atoms with van der Waals surface area (Å²) in [5.41, 5.74) is 1.35. The fraction of sp³-hybridized carbons (Fsp3) is 0.214. The molecular formula is C28H21F7O. The van der Waals surface area contributed by atoms with Crippen LogP contribution in [0.15, 0.2) is 60.7 Å². The molecule has 0 aliphatic heterocycles. The molecule has 0 amide bonds. The second kappa shape index (κ2) is 10.2. The maximum absolute atomic E-state index is 15.2. The van der Waals surface area contributed by atoms with E-state index in [1.54, 1.807) is 6.07 Å². The van der Waals surface area contributed by atoms with Crippen LogP contribution in [0.25, 0.3) is 21.9 Å². The Hall–Kier alpha value is -3.55. The van der Waals surface area contributed by atoms with Crippen molar-refractivity contribution in [2.75, 3.05) is 0 Å². The second-order valence-electron chi connectivity index (χ2n) is 8.47. The Labute approximate surface area is 203 Å². The zero-order valence-corrected chi connectivity index (χ0v) is 19.2. The zero-order valence-electron chi connectivity index (χ0n) is 19.2. The van der Waals surface area contributed by atoms with E-state index in [0.717, 1.165) is 18.6 Å². The van der Waals surface area contributed by atoms with Gasteiger partial charge in [0.1, 0.15) is 17.5 Å². The number of hydrogen-bond acceptors (Lipinski definition) is 1. The third-order valence-corrected chi connectivity index (χ3v) is 5.87. The molecule has 0 fully saturated rings. The second-order valence-corrected chi connectivity index (χ2v) is 8.47. The Bertz CT molecular complexity index is 1390. The Kier molecular flexibility index (Phi) is 7.24. The van der Waals surface area contributed by atoms with Crippen LogP contribution in [0.2, 0.25) is 0 Å². The van der Waals surface area contributed by atoms with Gasteiger partial charge in [-0.3, -0.25) is 0 Å². The Morgan fingerprint density at radius 2 is 1.39 bits per heavy atom. The van der Waals surface area contributed by atoms with Crippen LogP contribution < -0.4 is 4.74 Å². The molecule has 0 spiro atoms. The number of alkyl halides is 3. The van der Waals surface area contributed by atoms with E-state index in [1.165, 1.54) is 42.5 Å². The number of hydrogen-bond donors (Lipinski definition) is 0. The number of aryl methyl sites for hydroxylation is 3. The SMILES string of the molecule is CCCc1cc(F)c(-c2ccc3c(F)c(CCc4ccc(OC(F)(F)F)c(F)c4)ccc3c2)c(F)c1. The molecule has 0 aliphatic carbocycles. The molecule has 8 heteroatoms. The van der Waals surface area contributed by atoms with Gasteiger partial charge in [0.2, 0.25) is 0 Å². The average molecular weight is 506 g/mol. The summed E-state index contributed by atoms with van der Waals surface area (Å²) in [6.07, 6.45) is -3.37. The maximum atomic E-state index is 15.2. The molecule has 4 aromatic carbocycles. The molecule has 0 unspecified atom stereocenters. The third-order valence-electron chi connectivity index (χ3n) is 5.87. The van der Waals surface area contributed by atoms with E-state index in [0.29, 0.717) is 28.5 Å². The van der Waals surface area contributed by atoms with Crippen LogP contribution in [-0.4, -0.2) is 6.36 Å². The number of benzene rings is 4. The van der Waals surface area contributed by atoms with Crippen molar-refractivity contribution in [3.05, 3.63) is 101 Å². The number of rotatable bonds is 7. The molecular weight excluding hydrogens is 485 g/mol. The first-order valence-corrected chi connectivity index (χ1v) is 11.3. The monoisotopic (exact) mass is 506 g/mol. The predicted molar refractivity (Wildman–Crippen MR) is 124 cm³/mol. The lowest BCUT2D eigenvalue weighted by Gasteiger charge is -2.12. The number of ether oxygens (including phenoxy) is 1.